The minimum atomic E-state index is -0.942. The average molecular weight is 387 g/mol. The lowest BCUT2D eigenvalue weighted by molar-refractivity contribution is -0.125. The lowest BCUT2D eigenvalue weighted by Gasteiger charge is -2.33. The van der Waals surface area contributed by atoms with Crippen molar-refractivity contribution in [2.75, 3.05) is 14.1 Å². The van der Waals surface area contributed by atoms with Crippen LogP contribution in [-0.4, -0.2) is 41.7 Å². The number of rotatable bonds is 8. The van der Waals surface area contributed by atoms with E-state index >= 15 is 0 Å². The first-order chi connectivity index (χ1) is 13.1. The van der Waals surface area contributed by atoms with E-state index in [1.165, 1.54) is 19.3 Å². The summed E-state index contributed by atoms with van der Waals surface area (Å²) in [6.45, 7) is 6.57. The molecule has 5 heteroatoms. The number of carboxylic acids is 1. The van der Waals surface area contributed by atoms with Gasteiger partial charge in [0.05, 0.1) is 17.3 Å². The summed E-state index contributed by atoms with van der Waals surface area (Å²) in [5.41, 5.74) is 2.02. The Morgan fingerprint density at radius 1 is 1.21 bits per heavy atom. The maximum atomic E-state index is 13.2. The van der Waals surface area contributed by atoms with Crippen LogP contribution in [0.5, 0.6) is 0 Å². The fraction of sp³-hybridized carbons (Fsp3) is 0.609. The molecule has 1 aliphatic carbocycles. The first-order valence-corrected chi connectivity index (χ1v) is 10.2. The molecule has 1 amide bonds. The van der Waals surface area contributed by atoms with Crippen LogP contribution >= 0.6 is 0 Å². The highest BCUT2D eigenvalue weighted by molar-refractivity contribution is 6.38. The monoisotopic (exact) mass is 386 g/mol. The lowest BCUT2D eigenvalue weighted by atomic mass is 9.81. The number of hydrogen-bond donors (Lipinski definition) is 1. The van der Waals surface area contributed by atoms with Gasteiger partial charge in [0.15, 0.2) is 0 Å². The van der Waals surface area contributed by atoms with E-state index in [-0.39, 0.29) is 22.9 Å². The molecule has 1 saturated carbocycles. The molecule has 0 unspecified atom stereocenters. The maximum absolute atomic E-state index is 13.2. The molecule has 0 spiro atoms. The first kappa shape index (κ1) is 22.1. The standard InChI is InChI=1S/C23H34N2O3/c1-23(2,3)14-13-20(17-9-11-18(12-10-17)22(27)28)25(5)21(26)19(24-4)15-16-7-6-8-16/h9-12,16,20H,6-8,13-15H2,1-5H3,(H,27,28)/t20-/m1/s1. The van der Waals surface area contributed by atoms with Crippen molar-refractivity contribution in [2.45, 2.75) is 65.3 Å². The van der Waals surface area contributed by atoms with E-state index in [0.29, 0.717) is 11.6 Å². The van der Waals surface area contributed by atoms with Gasteiger partial charge < -0.3 is 10.0 Å². The topological polar surface area (TPSA) is 70.0 Å². The molecule has 1 aromatic carbocycles. The summed E-state index contributed by atoms with van der Waals surface area (Å²) in [5.74, 6) is -0.377. The SMILES string of the molecule is CN=C(CC1CCC1)C(=O)N(C)[C@H](CCC(C)(C)C)c1ccc(C(=O)O)cc1. The van der Waals surface area contributed by atoms with Crippen LogP contribution in [0.25, 0.3) is 0 Å². The van der Waals surface area contributed by atoms with Crippen LogP contribution in [0.2, 0.25) is 0 Å². The van der Waals surface area contributed by atoms with Crippen molar-refractivity contribution in [2.24, 2.45) is 16.3 Å². The Kier molecular flexibility index (Phi) is 7.39. The van der Waals surface area contributed by atoms with Gasteiger partial charge in [0, 0.05) is 14.1 Å². The van der Waals surface area contributed by atoms with Crippen LogP contribution in [0, 0.1) is 11.3 Å². The van der Waals surface area contributed by atoms with Crippen LogP contribution in [0.4, 0.5) is 0 Å². The third-order valence-corrected chi connectivity index (χ3v) is 5.72. The van der Waals surface area contributed by atoms with E-state index in [1.807, 2.05) is 19.2 Å². The number of benzene rings is 1. The summed E-state index contributed by atoms with van der Waals surface area (Å²) in [7, 11) is 3.54. The van der Waals surface area contributed by atoms with Crippen LogP contribution in [0.3, 0.4) is 0 Å². The molecule has 28 heavy (non-hydrogen) atoms. The number of aliphatic imine (C=N–C) groups is 1. The fourth-order valence-electron chi connectivity index (χ4n) is 3.59. The Morgan fingerprint density at radius 3 is 2.25 bits per heavy atom. The van der Waals surface area contributed by atoms with Gasteiger partial charge in [-0.3, -0.25) is 9.79 Å². The van der Waals surface area contributed by atoms with Gasteiger partial charge in [-0.05, 0) is 48.3 Å². The quantitative estimate of drug-likeness (QED) is 0.641. The molecule has 1 fully saturated rings. The summed E-state index contributed by atoms with van der Waals surface area (Å²) in [5, 5.41) is 9.16. The largest absolute Gasteiger partial charge is 0.478 e. The van der Waals surface area contributed by atoms with Gasteiger partial charge in [-0.25, -0.2) is 4.79 Å². The number of carbonyl (C=O) groups is 2. The second-order valence-electron chi connectivity index (χ2n) is 9.13. The average Bonchev–Trinajstić information content (AvgIpc) is 2.60. The van der Waals surface area contributed by atoms with E-state index < -0.39 is 5.97 Å². The molecule has 0 aliphatic heterocycles. The highest BCUT2D eigenvalue weighted by Gasteiger charge is 2.29. The van der Waals surface area contributed by atoms with Crippen molar-refractivity contribution in [3.05, 3.63) is 35.4 Å². The first-order valence-electron chi connectivity index (χ1n) is 10.2. The van der Waals surface area contributed by atoms with E-state index in [9.17, 15) is 9.59 Å². The van der Waals surface area contributed by atoms with Crippen LogP contribution in [-0.2, 0) is 4.79 Å². The number of carbonyl (C=O) groups excluding carboxylic acids is 1. The van der Waals surface area contributed by atoms with Crippen LogP contribution in [0.1, 0.15) is 81.3 Å². The molecular weight excluding hydrogens is 352 g/mol. The summed E-state index contributed by atoms with van der Waals surface area (Å²) in [6, 6.07) is 6.78. The second kappa shape index (κ2) is 9.35. The van der Waals surface area contributed by atoms with Crippen molar-refractivity contribution in [1.82, 2.24) is 4.90 Å². The van der Waals surface area contributed by atoms with E-state index in [4.69, 9.17) is 5.11 Å². The Bertz CT molecular complexity index is 712. The van der Waals surface area contributed by atoms with Gasteiger partial charge in [-0.1, -0.05) is 52.2 Å². The predicted molar refractivity (Wildman–Crippen MR) is 113 cm³/mol. The summed E-state index contributed by atoms with van der Waals surface area (Å²) in [4.78, 5) is 30.4. The fourth-order valence-corrected chi connectivity index (χ4v) is 3.59. The minimum Gasteiger partial charge on any atom is -0.478 e. The third kappa shape index (κ3) is 5.91. The molecule has 2 rings (SSSR count). The van der Waals surface area contributed by atoms with Crippen molar-refractivity contribution < 1.29 is 14.7 Å². The summed E-state index contributed by atoms with van der Waals surface area (Å²) in [6.07, 6.45) is 6.13. The molecule has 0 saturated heterocycles. The molecule has 1 N–H and O–H groups in total. The summed E-state index contributed by atoms with van der Waals surface area (Å²) < 4.78 is 0. The Labute approximate surface area is 168 Å². The van der Waals surface area contributed by atoms with Crippen molar-refractivity contribution in [1.29, 1.82) is 0 Å². The van der Waals surface area contributed by atoms with Gasteiger partial charge in [0.25, 0.3) is 5.91 Å². The smallest absolute Gasteiger partial charge is 0.335 e. The van der Waals surface area contributed by atoms with E-state index in [2.05, 4.69) is 25.8 Å². The molecule has 0 aromatic heterocycles. The highest BCUT2D eigenvalue weighted by atomic mass is 16.4. The molecule has 1 aliphatic rings. The van der Waals surface area contributed by atoms with Crippen molar-refractivity contribution in [3.8, 4) is 0 Å². The Balaban J connectivity index is 2.22. The van der Waals surface area contributed by atoms with E-state index in [0.717, 1.165) is 24.8 Å². The zero-order valence-corrected chi connectivity index (χ0v) is 17.9. The second-order valence-corrected chi connectivity index (χ2v) is 9.13. The zero-order chi connectivity index (χ0) is 20.9. The number of amides is 1. The van der Waals surface area contributed by atoms with Gasteiger partial charge in [0.1, 0.15) is 0 Å². The molecule has 0 bridgehead atoms. The number of hydrogen-bond acceptors (Lipinski definition) is 3. The summed E-state index contributed by atoms with van der Waals surface area (Å²) >= 11 is 0. The normalized spacial score (nSPS) is 16.4. The van der Waals surface area contributed by atoms with Gasteiger partial charge in [-0.15, -0.1) is 0 Å². The Morgan fingerprint density at radius 2 is 1.82 bits per heavy atom. The predicted octanol–water partition coefficient (Wildman–Crippen LogP) is 4.97. The molecule has 1 aromatic rings. The number of nitrogens with zero attached hydrogens (tertiary/aromatic N) is 2. The van der Waals surface area contributed by atoms with Crippen molar-refractivity contribution in [3.63, 3.8) is 0 Å². The lowest BCUT2D eigenvalue weighted by Crippen LogP contribution is -2.38. The van der Waals surface area contributed by atoms with Gasteiger partial charge in [-0.2, -0.15) is 0 Å². The number of carboxylic acid groups (broad SMARTS) is 1. The zero-order valence-electron chi connectivity index (χ0n) is 17.9. The molecule has 0 radical (unpaired) electrons. The third-order valence-electron chi connectivity index (χ3n) is 5.72. The van der Waals surface area contributed by atoms with E-state index in [1.54, 1.807) is 24.1 Å². The van der Waals surface area contributed by atoms with Gasteiger partial charge >= 0.3 is 5.97 Å². The number of aromatic carboxylic acids is 1. The van der Waals surface area contributed by atoms with Crippen LogP contribution < -0.4 is 0 Å². The molecule has 1 atom stereocenters. The van der Waals surface area contributed by atoms with Crippen molar-refractivity contribution >= 4 is 17.6 Å². The van der Waals surface area contributed by atoms with Crippen LogP contribution in [0.15, 0.2) is 29.3 Å². The molecule has 0 heterocycles. The molecular formula is C23H34N2O3. The highest BCUT2D eigenvalue weighted by Crippen LogP contribution is 2.33. The minimum absolute atomic E-state index is 0.0179. The maximum Gasteiger partial charge on any atom is 0.335 e. The Hall–Kier alpha value is -2.17. The molecule has 154 valence electrons. The molecule has 5 nitrogen and oxygen atoms in total. The van der Waals surface area contributed by atoms with Gasteiger partial charge in [0.2, 0.25) is 0 Å².